The molecule has 12 heteroatoms. The molecule has 0 heterocycles. The highest BCUT2D eigenvalue weighted by Gasteiger charge is 2.66. The molecule has 7 N–H and O–H groups in total. The second kappa shape index (κ2) is 46.0. The summed E-state index contributed by atoms with van der Waals surface area (Å²) in [5.74, 6) is -5.50. The van der Waals surface area contributed by atoms with Crippen molar-refractivity contribution >= 4 is 41.0 Å². The third-order valence-electron chi connectivity index (χ3n) is 14.1. The molecule has 0 saturated carbocycles. The lowest BCUT2D eigenvalue weighted by Gasteiger charge is -2.44. The first-order chi connectivity index (χ1) is 33.4. The molecule has 0 aliphatic rings. The molecule has 0 rings (SSSR count). The summed E-state index contributed by atoms with van der Waals surface area (Å²) in [6.07, 6.45) is 40.2. The van der Waals surface area contributed by atoms with Crippen LogP contribution in [0.25, 0.3) is 0 Å². The van der Waals surface area contributed by atoms with Crippen LogP contribution in [0.5, 0.6) is 0 Å². The van der Waals surface area contributed by atoms with Gasteiger partial charge in [-0.15, -0.1) is 11.8 Å². The van der Waals surface area contributed by atoms with Crippen LogP contribution in [0.15, 0.2) is 0 Å². The van der Waals surface area contributed by atoms with Crippen molar-refractivity contribution in [3.8, 4) is 0 Å². The van der Waals surface area contributed by atoms with Gasteiger partial charge in [-0.05, 0) is 19.3 Å². The van der Waals surface area contributed by atoms with Gasteiger partial charge < -0.3 is 31.5 Å². The number of thioether (sulfide) groups is 1. The predicted molar refractivity (Wildman–Crippen MR) is 288 cm³/mol. The van der Waals surface area contributed by atoms with Crippen LogP contribution in [0.4, 0.5) is 0 Å². The van der Waals surface area contributed by atoms with Gasteiger partial charge in [0.1, 0.15) is 6.04 Å². The number of hydrogen-bond acceptors (Lipinski definition) is 10. The predicted octanol–water partition coefficient (Wildman–Crippen LogP) is 13.2. The zero-order valence-corrected chi connectivity index (χ0v) is 45.6. The second-order valence-corrected chi connectivity index (χ2v) is 21.7. The number of carbonyl (C=O) groups is 5. The van der Waals surface area contributed by atoms with Gasteiger partial charge in [0.25, 0.3) is 5.91 Å². The maximum atomic E-state index is 15.0. The molecule has 0 aromatic rings. The molecular weight excluding hydrogens is 889 g/mol. The normalized spacial score (nSPS) is 13.6. The molecule has 0 aromatic heterocycles. The van der Waals surface area contributed by atoms with Gasteiger partial charge in [-0.25, -0.2) is 4.79 Å². The fourth-order valence-corrected chi connectivity index (χ4v) is 11.1. The number of unbranched alkanes of at least 4 members (excludes halogenated alkanes) is 36. The van der Waals surface area contributed by atoms with Gasteiger partial charge in [0, 0.05) is 25.0 Å². The molecule has 0 bridgehead atoms. The van der Waals surface area contributed by atoms with Crippen LogP contribution in [0.1, 0.15) is 290 Å². The Bertz CT molecular complexity index is 1240. The highest BCUT2D eigenvalue weighted by molar-refractivity contribution is 8.02. The van der Waals surface area contributed by atoms with Gasteiger partial charge in [0.15, 0.2) is 27.6 Å². The van der Waals surface area contributed by atoms with Crippen LogP contribution in [-0.4, -0.2) is 91.1 Å². The lowest BCUT2D eigenvalue weighted by Crippen LogP contribution is -2.77. The number of amides is 1. The topological polar surface area (TPSA) is 204 Å². The molecule has 0 aliphatic heterocycles. The van der Waals surface area contributed by atoms with Crippen LogP contribution in [0.2, 0.25) is 0 Å². The Morgan fingerprint density at radius 1 is 0.435 bits per heavy atom. The van der Waals surface area contributed by atoms with Crippen LogP contribution in [0, 0.1) is 0 Å². The van der Waals surface area contributed by atoms with E-state index in [4.69, 9.17) is 5.73 Å². The van der Waals surface area contributed by atoms with Crippen molar-refractivity contribution in [3.05, 3.63) is 0 Å². The number of carbonyl (C=O) groups excluding carboxylic acids is 4. The number of carboxylic acid groups (broad SMARTS) is 1. The smallest absolute Gasteiger partial charge is 0.328 e. The Hall–Kier alpha value is -1.86. The first-order valence-electron chi connectivity index (χ1n) is 28.9. The van der Waals surface area contributed by atoms with Crippen LogP contribution >= 0.6 is 11.8 Å². The maximum absolute atomic E-state index is 15.0. The van der Waals surface area contributed by atoms with Gasteiger partial charge in [-0.2, -0.15) is 0 Å². The summed E-state index contributed by atoms with van der Waals surface area (Å²) >= 11 is 0.632. The number of hydrogen-bond donors (Lipinski definition) is 6. The monoisotopic (exact) mass is 997 g/mol. The van der Waals surface area contributed by atoms with E-state index in [9.17, 15) is 34.8 Å². The average Bonchev–Trinajstić information content (AvgIpc) is 3.34. The molecule has 0 fully saturated rings. The lowest BCUT2D eigenvalue weighted by atomic mass is 9.71. The molecule has 406 valence electrons. The van der Waals surface area contributed by atoms with Gasteiger partial charge in [-0.1, -0.05) is 252 Å². The molecule has 1 amide bonds. The van der Waals surface area contributed by atoms with E-state index in [-0.39, 0.29) is 25.0 Å². The van der Waals surface area contributed by atoms with E-state index in [0.29, 0.717) is 50.3 Å². The molecule has 0 aliphatic carbocycles. The molecular formula is C57H108N2O9S. The fraction of sp³-hybridized carbons (Fsp3) is 0.912. The van der Waals surface area contributed by atoms with Crippen molar-refractivity contribution in [2.75, 3.05) is 19.0 Å². The number of aliphatic hydroxyl groups is 3. The van der Waals surface area contributed by atoms with Crippen LogP contribution in [0.3, 0.4) is 0 Å². The van der Waals surface area contributed by atoms with E-state index < -0.39 is 64.9 Å². The third-order valence-corrected chi connectivity index (χ3v) is 15.9. The van der Waals surface area contributed by atoms with Crippen molar-refractivity contribution < 1.29 is 44.4 Å². The molecule has 3 atom stereocenters. The Morgan fingerprint density at radius 3 is 0.942 bits per heavy atom. The van der Waals surface area contributed by atoms with E-state index in [0.717, 1.165) is 77.0 Å². The number of nitrogens with one attached hydrogen (secondary N) is 1. The Labute approximate surface area is 426 Å². The van der Waals surface area contributed by atoms with Gasteiger partial charge in [-0.3, -0.25) is 19.2 Å². The van der Waals surface area contributed by atoms with Crippen molar-refractivity contribution in [2.24, 2.45) is 5.73 Å². The minimum absolute atomic E-state index is 0.148. The number of aliphatic hydroxyl groups excluding tert-OH is 3. The van der Waals surface area contributed by atoms with E-state index in [2.05, 4.69) is 26.1 Å². The minimum Gasteiger partial charge on any atom is -0.480 e. The number of Topliss-reactive ketones (excluding diaryl/α,β-unsaturated/α-hetero) is 3. The minimum atomic E-state index is -2.85. The summed E-state index contributed by atoms with van der Waals surface area (Å²) in [5.41, 5.74) is 4.24. The second-order valence-electron chi connectivity index (χ2n) is 20.4. The Balaban J connectivity index is 6.30. The molecule has 0 saturated heterocycles. The van der Waals surface area contributed by atoms with Gasteiger partial charge in [0.2, 0.25) is 0 Å². The first kappa shape index (κ1) is 67.1. The summed E-state index contributed by atoms with van der Waals surface area (Å²) in [4.78, 5) is 71.5. The molecule has 11 nitrogen and oxygen atoms in total. The zero-order valence-electron chi connectivity index (χ0n) is 44.8. The average molecular weight is 998 g/mol. The van der Waals surface area contributed by atoms with Crippen molar-refractivity contribution in [1.29, 1.82) is 0 Å². The number of rotatable bonds is 54. The third kappa shape index (κ3) is 30.7. The summed E-state index contributed by atoms with van der Waals surface area (Å²) in [6, 6.07) is -1.84. The molecule has 0 spiro atoms. The number of carboxylic acids is 1. The number of nitrogens with two attached hydrogens (primary N) is 1. The van der Waals surface area contributed by atoms with Crippen molar-refractivity contribution in [2.45, 2.75) is 313 Å². The summed E-state index contributed by atoms with van der Waals surface area (Å²) in [7, 11) is 0. The van der Waals surface area contributed by atoms with Crippen LogP contribution in [-0.2, 0) is 24.0 Å². The quantitative estimate of drug-likeness (QED) is 0.0250. The van der Waals surface area contributed by atoms with E-state index in [1.54, 1.807) is 0 Å². The first-order valence-corrected chi connectivity index (χ1v) is 29.9. The lowest BCUT2D eigenvalue weighted by molar-refractivity contribution is -0.149. The molecule has 0 radical (unpaired) electrons. The summed E-state index contributed by atoms with van der Waals surface area (Å²) in [5, 5.41) is 42.6. The SMILES string of the molecule is CCCCCCCCCCCCCCCC(=O)C(SCC(O)CO)(C(=O)CCCCCCCCCCCCCCC)[C@@](N)(C(=O)CCCCCCCCCCCCCCC)C(=O)N[C@@H](CO)C(=O)O. The standard InChI is InChI=1S/C57H108N2O9S/c1-4-7-10-13-16-19-22-25-28-31-34-37-40-43-51(63)56(58,55(68)59-50(47-61)54(66)67)57(69-48-49(62)46-60,52(64)44-41-38-35-32-29-26-23-20-17-14-11-8-5-2)53(65)45-42-39-36-33-30-27-24-21-18-15-12-9-6-3/h49-50,60-62H,4-48,58H2,1-3H3,(H,59,68)(H,66,67)/t49?,50-,56+/m0/s1. The van der Waals surface area contributed by atoms with Crippen molar-refractivity contribution in [1.82, 2.24) is 5.32 Å². The zero-order chi connectivity index (χ0) is 51.3. The van der Waals surface area contributed by atoms with Crippen molar-refractivity contribution in [3.63, 3.8) is 0 Å². The molecule has 1 unspecified atom stereocenters. The van der Waals surface area contributed by atoms with Crippen LogP contribution < -0.4 is 11.1 Å². The molecule has 0 aromatic carbocycles. The number of ketones is 3. The Kier molecular flexibility index (Phi) is 44.7. The molecule has 69 heavy (non-hydrogen) atoms. The number of aliphatic carboxylic acids is 1. The highest BCUT2D eigenvalue weighted by Crippen LogP contribution is 2.42. The van der Waals surface area contributed by atoms with Gasteiger partial charge >= 0.3 is 5.97 Å². The summed E-state index contributed by atoms with van der Waals surface area (Å²) < 4.78 is -2.51. The van der Waals surface area contributed by atoms with E-state index >= 15 is 9.59 Å². The van der Waals surface area contributed by atoms with E-state index in [1.807, 2.05) is 0 Å². The van der Waals surface area contributed by atoms with Gasteiger partial charge in [0.05, 0.1) is 19.3 Å². The fourth-order valence-electron chi connectivity index (χ4n) is 9.54. The highest BCUT2D eigenvalue weighted by atomic mass is 32.2. The Morgan fingerprint density at radius 2 is 0.696 bits per heavy atom. The maximum Gasteiger partial charge on any atom is 0.328 e. The largest absolute Gasteiger partial charge is 0.480 e. The summed E-state index contributed by atoms with van der Waals surface area (Å²) in [6.45, 7) is 4.98. The van der Waals surface area contributed by atoms with E-state index in [1.165, 1.54) is 135 Å².